The molecule has 20 heavy (non-hydrogen) atoms. The molecule has 1 unspecified atom stereocenters. The van der Waals surface area contributed by atoms with Gasteiger partial charge in [-0.25, -0.2) is 9.59 Å². The molecule has 1 aliphatic rings. The molecule has 0 aromatic heterocycles. The van der Waals surface area contributed by atoms with E-state index >= 15 is 0 Å². The summed E-state index contributed by atoms with van der Waals surface area (Å²) < 4.78 is 10.3. The first kappa shape index (κ1) is 16.5. The summed E-state index contributed by atoms with van der Waals surface area (Å²) in [7, 11) is 0. The second-order valence-corrected chi connectivity index (χ2v) is 5.11. The van der Waals surface area contributed by atoms with Crippen molar-refractivity contribution in [2.45, 2.75) is 46.5 Å². The highest BCUT2D eigenvalue weighted by Crippen LogP contribution is 2.25. The third-order valence-electron chi connectivity index (χ3n) is 3.04. The number of allylic oxidation sites excluding steroid dienone is 1. The third-order valence-corrected chi connectivity index (χ3v) is 3.04. The van der Waals surface area contributed by atoms with E-state index in [1.165, 1.54) is 0 Å². The summed E-state index contributed by atoms with van der Waals surface area (Å²) in [4.78, 5) is 24.2. The lowest BCUT2D eigenvalue weighted by molar-refractivity contribution is -0.142. The van der Waals surface area contributed by atoms with Crippen LogP contribution in [0.15, 0.2) is 23.3 Å². The monoisotopic (exact) mass is 280 g/mol. The Labute approximate surface area is 120 Å². The van der Waals surface area contributed by atoms with Crippen LogP contribution in [-0.2, 0) is 19.1 Å². The molecule has 0 radical (unpaired) electrons. The SMILES string of the molecule is CCCOC(=O)C1=C(C(=O)OCCC)CC(C)CC=C1. The van der Waals surface area contributed by atoms with E-state index in [0.29, 0.717) is 36.7 Å². The van der Waals surface area contributed by atoms with Crippen molar-refractivity contribution in [3.05, 3.63) is 23.3 Å². The van der Waals surface area contributed by atoms with Crippen LogP contribution in [0.1, 0.15) is 46.5 Å². The van der Waals surface area contributed by atoms with Gasteiger partial charge in [-0.1, -0.05) is 32.9 Å². The predicted octanol–water partition coefficient (Wildman–Crippen LogP) is 3.18. The van der Waals surface area contributed by atoms with Gasteiger partial charge >= 0.3 is 11.9 Å². The number of esters is 2. The molecule has 0 aliphatic heterocycles. The molecule has 0 N–H and O–H groups in total. The molecule has 4 heteroatoms. The molecule has 1 rings (SSSR count). The highest BCUT2D eigenvalue weighted by molar-refractivity contribution is 6.02. The molecule has 0 amide bonds. The van der Waals surface area contributed by atoms with E-state index in [-0.39, 0.29) is 0 Å². The van der Waals surface area contributed by atoms with Crippen LogP contribution in [0.4, 0.5) is 0 Å². The van der Waals surface area contributed by atoms with Gasteiger partial charge in [-0.3, -0.25) is 0 Å². The zero-order valence-corrected chi connectivity index (χ0v) is 12.6. The standard InChI is InChI=1S/C16H24O4/c1-4-9-19-15(17)13-8-6-7-12(3)11-14(13)16(18)20-10-5-2/h6,8,12H,4-5,7,9-11H2,1-3H3. The van der Waals surface area contributed by atoms with Gasteiger partial charge in [0, 0.05) is 0 Å². The van der Waals surface area contributed by atoms with E-state index in [1.807, 2.05) is 19.9 Å². The van der Waals surface area contributed by atoms with E-state index < -0.39 is 11.9 Å². The maximum atomic E-state index is 12.1. The van der Waals surface area contributed by atoms with Crippen LogP contribution in [0.3, 0.4) is 0 Å². The lowest BCUT2D eigenvalue weighted by Gasteiger charge is -2.13. The molecule has 0 bridgehead atoms. The molecule has 4 nitrogen and oxygen atoms in total. The first-order valence-electron chi connectivity index (χ1n) is 7.34. The zero-order valence-electron chi connectivity index (χ0n) is 12.6. The largest absolute Gasteiger partial charge is 0.462 e. The molecule has 0 spiro atoms. The topological polar surface area (TPSA) is 52.6 Å². The normalized spacial score (nSPS) is 18.6. The number of carbonyl (C=O) groups excluding carboxylic acids is 2. The van der Waals surface area contributed by atoms with Crippen LogP contribution in [0.2, 0.25) is 0 Å². The summed E-state index contributed by atoms with van der Waals surface area (Å²) in [6.07, 6.45) is 6.54. The lowest BCUT2D eigenvalue weighted by atomic mass is 9.98. The van der Waals surface area contributed by atoms with Crippen molar-refractivity contribution < 1.29 is 19.1 Å². The molecule has 0 aromatic rings. The molecule has 0 heterocycles. The Morgan fingerprint density at radius 1 is 1.15 bits per heavy atom. The van der Waals surface area contributed by atoms with Crippen molar-refractivity contribution in [1.29, 1.82) is 0 Å². The van der Waals surface area contributed by atoms with E-state index in [2.05, 4.69) is 6.92 Å². The van der Waals surface area contributed by atoms with E-state index in [9.17, 15) is 9.59 Å². The molecule has 0 fully saturated rings. The second-order valence-electron chi connectivity index (χ2n) is 5.11. The number of rotatable bonds is 6. The molecule has 1 aliphatic carbocycles. The fourth-order valence-electron chi connectivity index (χ4n) is 2.00. The molecular weight excluding hydrogens is 256 g/mol. The molecule has 1 atom stereocenters. The fraction of sp³-hybridized carbons (Fsp3) is 0.625. The lowest BCUT2D eigenvalue weighted by Crippen LogP contribution is -2.17. The van der Waals surface area contributed by atoms with Crippen LogP contribution in [-0.4, -0.2) is 25.2 Å². The minimum absolute atomic E-state index is 0.312. The highest BCUT2D eigenvalue weighted by atomic mass is 16.5. The zero-order chi connectivity index (χ0) is 15.0. The molecular formula is C16H24O4. The first-order chi connectivity index (χ1) is 9.60. The van der Waals surface area contributed by atoms with Crippen molar-refractivity contribution in [2.75, 3.05) is 13.2 Å². The summed E-state index contributed by atoms with van der Waals surface area (Å²) in [5, 5.41) is 0. The Morgan fingerprint density at radius 3 is 2.35 bits per heavy atom. The van der Waals surface area contributed by atoms with Crippen LogP contribution < -0.4 is 0 Å². The van der Waals surface area contributed by atoms with Gasteiger partial charge in [-0.05, 0) is 31.6 Å². The number of carbonyl (C=O) groups is 2. The molecule has 0 aromatic carbocycles. The Balaban J connectivity index is 2.97. The Kier molecular flexibility index (Phi) is 7.05. The minimum atomic E-state index is -0.430. The number of hydrogen-bond acceptors (Lipinski definition) is 4. The quantitative estimate of drug-likeness (QED) is 0.701. The Bertz CT molecular complexity index is 407. The number of ether oxygens (including phenoxy) is 2. The summed E-state index contributed by atoms with van der Waals surface area (Å²) >= 11 is 0. The smallest absolute Gasteiger partial charge is 0.338 e. The molecule has 0 saturated heterocycles. The summed E-state index contributed by atoms with van der Waals surface area (Å²) in [6.45, 7) is 6.66. The van der Waals surface area contributed by atoms with Crippen molar-refractivity contribution in [3.8, 4) is 0 Å². The number of hydrogen-bond donors (Lipinski definition) is 0. The van der Waals surface area contributed by atoms with Crippen molar-refractivity contribution in [2.24, 2.45) is 5.92 Å². The summed E-state index contributed by atoms with van der Waals surface area (Å²) in [5.41, 5.74) is 0.796. The van der Waals surface area contributed by atoms with E-state index in [1.54, 1.807) is 6.08 Å². The van der Waals surface area contributed by atoms with Gasteiger partial charge in [0.2, 0.25) is 0 Å². The molecule has 112 valence electrons. The predicted molar refractivity (Wildman–Crippen MR) is 77.1 cm³/mol. The minimum Gasteiger partial charge on any atom is -0.462 e. The van der Waals surface area contributed by atoms with Crippen molar-refractivity contribution in [3.63, 3.8) is 0 Å². The van der Waals surface area contributed by atoms with Crippen LogP contribution in [0.25, 0.3) is 0 Å². The fourth-order valence-corrected chi connectivity index (χ4v) is 2.00. The van der Waals surface area contributed by atoms with Crippen molar-refractivity contribution >= 4 is 11.9 Å². The average molecular weight is 280 g/mol. The van der Waals surface area contributed by atoms with E-state index in [4.69, 9.17) is 9.47 Å². The maximum absolute atomic E-state index is 12.1. The Morgan fingerprint density at radius 2 is 1.75 bits per heavy atom. The summed E-state index contributed by atoms with van der Waals surface area (Å²) in [6, 6.07) is 0. The van der Waals surface area contributed by atoms with Crippen molar-refractivity contribution in [1.82, 2.24) is 0 Å². The first-order valence-corrected chi connectivity index (χ1v) is 7.34. The van der Waals surface area contributed by atoms with Gasteiger partial charge < -0.3 is 9.47 Å². The van der Waals surface area contributed by atoms with Crippen LogP contribution in [0.5, 0.6) is 0 Å². The van der Waals surface area contributed by atoms with Gasteiger partial charge in [0.25, 0.3) is 0 Å². The van der Waals surface area contributed by atoms with Gasteiger partial charge in [0.15, 0.2) is 0 Å². The third kappa shape index (κ3) is 4.83. The van der Waals surface area contributed by atoms with Crippen LogP contribution >= 0.6 is 0 Å². The van der Waals surface area contributed by atoms with Gasteiger partial charge in [-0.2, -0.15) is 0 Å². The Hall–Kier alpha value is -1.58. The maximum Gasteiger partial charge on any atom is 0.338 e. The van der Waals surface area contributed by atoms with Gasteiger partial charge in [-0.15, -0.1) is 0 Å². The average Bonchev–Trinajstić information content (AvgIpc) is 2.63. The van der Waals surface area contributed by atoms with Gasteiger partial charge in [0.1, 0.15) is 0 Å². The van der Waals surface area contributed by atoms with Gasteiger partial charge in [0.05, 0.1) is 24.4 Å². The molecule has 0 saturated carbocycles. The highest BCUT2D eigenvalue weighted by Gasteiger charge is 2.24. The second kappa shape index (κ2) is 8.56. The summed E-state index contributed by atoms with van der Waals surface area (Å²) in [5.74, 6) is -0.513. The van der Waals surface area contributed by atoms with E-state index in [0.717, 1.165) is 19.3 Å². The van der Waals surface area contributed by atoms with Crippen LogP contribution in [0, 0.1) is 5.92 Å².